The summed E-state index contributed by atoms with van der Waals surface area (Å²) in [5.41, 5.74) is 2.35. The third-order valence-electron chi connectivity index (χ3n) is 5.41. The normalized spacial score (nSPS) is 25.0. The Morgan fingerprint density at radius 3 is 2.75 bits per heavy atom. The smallest absolute Gasteiger partial charge is 0.169 e. The zero-order chi connectivity index (χ0) is 16.5. The van der Waals surface area contributed by atoms with Crippen LogP contribution in [0, 0.1) is 0 Å². The first-order valence-electron chi connectivity index (χ1n) is 8.85. The fourth-order valence-electron chi connectivity index (χ4n) is 4.09. The summed E-state index contributed by atoms with van der Waals surface area (Å²) >= 11 is 5.51. The van der Waals surface area contributed by atoms with Gasteiger partial charge in [-0.3, -0.25) is 4.98 Å². The molecule has 126 valence electrons. The molecule has 0 amide bonds. The number of pyridine rings is 1. The van der Waals surface area contributed by atoms with Gasteiger partial charge in [-0.25, -0.2) is 0 Å². The number of aromatic nitrogens is 2. The van der Waals surface area contributed by atoms with Gasteiger partial charge in [-0.2, -0.15) is 0 Å². The Balaban J connectivity index is 1.63. The zero-order valence-electron chi connectivity index (χ0n) is 14.1. The summed E-state index contributed by atoms with van der Waals surface area (Å²) in [4.78, 5) is 6.71. The molecule has 2 fully saturated rings. The summed E-state index contributed by atoms with van der Waals surface area (Å²) < 4.78 is 2.42. The molecule has 4 rings (SSSR count). The molecule has 1 aliphatic heterocycles. The molecule has 2 aromatic heterocycles. The Bertz CT molecular complexity index is 705. The van der Waals surface area contributed by atoms with E-state index in [4.69, 9.17) is 12.2 Å². The molecular weight excluding hydrogens is 316 g/mol. The van der Waals surface area contributed by atoms with Gasteiger partial charge >= 0.3 is 0 Å². The minimum Gasteiger partial charge on any atom is -0.352 e. The van der Waals surface area contributed by atoms with E-state index in [1.807, 2.05) is 18.3 Å². The maximum absolute atomic E-state index is 5.51. The van der Waals surface area contributed by atoms with Crippen LogP contribution in [0.3, 0.4) is 0 Å². The van der Waals surface area contributed by atoms with Gasteiger partial charge in [0.15, 0.2) is 5.11 Å². The Morgan fingerprint density at radius 2 is 2.00 bits per heavy atom. The summed E-state index contributed by atoms with van der Waals surface area (Å²) in [5, 5.41) is 4.24. The van der Waals surface area contributed by atoms with E-state index >= 15 is 0 Å². The molecule has 2 aromatic rings. The molecule has 0 unspecified atom stereocenters. The van der Waals surface area contributed by atoms with Crippen LogP contribution in [0.4, 0.5) is 0 Å². The molecule has 1 N–H and O–H groups in total. The standard InChI is InChI=1S/C19H24N4S/c1-22-18(17(21-19(22)24)16-9-5-6-11-20-16)14-10-12-23(13-14)15-7-3-2-4-8-15/h5-6,9-13,15,17-18H,2-4,7-8H2,1H3,(H,21,24)/t17-,18+/m1/s1. The van der Waals surface area contributed by atoms with Gasteiger partial charge in [0.25, 0.3) is 0 Å². The fourth-order valence-corrected chi connectivity index (χ4v) is 4.33. The van der Waals surface area contributed by atoms with E-state index in [-0.39, 0.29) is 12.1 Å². The molecule has 2 atom stereocenters. The van der Waals surface area contributed by atoms with Gasteiger partial charge in [0.1, 0.15) is 0 Å². The van der Waals surface area contributed by atoms with Crippen LogP contribution in [0.25, 0.3) is 0 Å². The maximum atomic E-state index is 5.51. The van der Waals surface area contributed by atoms with E-state index in [0.717, 1.165) is 10.8 Å². The van der Waals surface area contributed by atoms with Crippen molar-refractivity contribution in [3.05, 3.63) is 54.1 Å². The third kappa shape index (κ3) is 2.81. The van der Waals surface area contributed by atoms with Crippen molar-refractivity contribution in [1.82, 2.24) is 19.8 Å². The molecule has 1 saturated heterocycles. The number of nitrogens with one attached hydrogen (secondary N) is 1. The Morgan fingerprint density at radius 1 is 1.17 bits per heavy atom. The summed E-state index contributed by atoms with van der Waals surface area (Å²) in [7, 11) is 2.07. The monoisotopic (exact) mass is 340 g/mol. The number of hydrogen-bond acceptors (Lipinski definition) is 2. The van der Waals surface area contributed by atoms with Crippen molar-refractivity contribution in [3.63, 3.8) is 0 Å². The van der Waals surface area contributed by atoms with Gasteiger partial charge in [-0.15, -0.1) is 0 Å². The highest BCUT2D eigenvalue weighted by atomic mass is 32.1. The molecule has 0 radical (unpaired) electrons. The van der Waals surface area contributed by atoms with E-state index < -0.39 is 0 Å². The number of rotatable bonds is 3. The molecule has 0 aromatic carbocycles. The van der Waals surface area contributed by atoms with Crippen molar-refractivity contribution in [2.24, 2.45) is 0 Å². The van der Waals surface area contributed by atoms with E-state index in [0.29, 0.717) is 6.04 Å². The lowest BCUT2D eigenvalue weighted by atomic mass is 9.95. The second-order valence-corrected chi connectivity index (χ2v) is 7.31. The van der Waals surface area contributed by atoms with E-state index in [9.17, 15) is 0 Å². The van der Waals surface area contributed by atoms with Crippen molar-refractivity contribution < 1.29 is 0 Å². The molecular formula is C19H24N4S. The van der Waals surface area contributed by atoms with Crippen LogP contribution in [0.15, 0.2) is 42.9 Å². The topological polar surface area (TPSA) is 33.1 Å². The molecule has 24 heavy (non-hydrogen) atoms. The maximum Gasteiger partial charge on any atom is 0.169 e. The lowest BCUT2D eigenvalue weighted by Crippen LogP contribution is -2.24. The number of thiocarbonyl (C=S) groups is 1. The number of hydrogen-bond donors (Lipinski definition) is 1. The predicted molar refractivity (Wildman–Crippen MR) is 99.8 cm³/mol. The van der Waals surface area contributed by atoms with E-state index in [1.54, 1.807) is 0 Å². The summed E-state index contributed by atoms with van der Waals surface area (Å²) in [5.74, 6) is 0. The zero-order valence-corrected chi connectivity index (χ0v) is 14.9. The Kier molecular flexibility index (Phi) is 4.27. The average Bonchev–Trinajstić information content (AvgIpc) is 3.22. The summed E-state index contributed by atoms with van der Waals surface area (Å²) in [6, 6.07) is 9.27. The van der Waals surface area contributed by atoms with Crippen LogP contribution < -0.4 is 5.32 Å². The first kappa shape index (κ1) is 15.6. The highest BCUT2D eigenvalue weighted by molar-refractivity contribution is 7.80. The van der Waals surface area contributed by atoms with Crippen LogP contribution in [-0.2, 0) is 0 Å². The number of nitrogens with zero attached hydrogens (tertiary/aromatic N) is 3. The van der Waals surface area contributed by atoms with Crippen molar-refractivity contribution in [1.29, 1.82) is 0 Å². The highest BCUT2D eigenvalue weighted by Gasteiger charge is 2.38. The van der Waals surface area contributed by atoms with Crippen LogP contribution in [0.2, 0.25) is 0 Å². The van der Waals surface area contributed by atoms with Gasteiger partial charge in [-0.1, -0.05) is 25.3 Å². The van der Waals surface area contributed by atoms with E-state index in [1.165, 1.54) is 37.7 Å². The van der Waals surface area contributed by atoms with Crippen molar-refractivity contribution in [2.75, 3.05) is 7.05 Å². The van der Waals surface area contributed by atoms with E-state index in [2.05, 4.69) is 51.3 Å². The summed E-state index contributed by atoms with van der Waals surface area (Å²) in [6.07, 6.45) is 13.1. The van der Waals surface area contributed by atoms with Crippen LogP contribution in [0.1, 0.15) is 61.5 Å². The summed E-state index contributed by atoms with van der Waals surface area (Å²) in [6.45, 7) is 0. The minimum atomic E-state index is 0.103. The van der Waals surface area contributed by atoms with Crippen molar-refractivity contribution in [3.8, 4) is 0 Å². The average molecular weight is 340 g/mol. The molecule has 3 heterocycles. The molecule has 0 spiro atoms. The third-order valence-corrected chi connectivity index (χ3v) is 5.82. The molecule has 5 heteroatoms. The van der Waals surface area contributed by atoms with Gasteiger partial charge in [0.2, 0.25) is 0 Å². The van der Waals surface area contributed by atoms with Crippen LogP contribution in [-0.4, -0.2) is 26.6 Å². The van der Waals surface area contributed by atoms with Gasteiger partial charge in [-0.05, 0) is 48.8 Å². The first-order chi connectivity index (χ1) is 11.7. The van der Waals surface area contributed by atoms with Gasteiger partial charge in [0, 0.05) is 31.7 Å². The molecule has 2 aliphatic rings. The molecule has 1 saturated carbocycles. The predicted octanol–water partition coefficient (Wildman–Crippen LogP) is 3.99. The van der Waals surface area contributed by atoms with Gasteiger partial charge in [0.05, 0.1) is 17.8 Å². The Labute approximate surface area is 148 Å². The second kappa shape index (κ2) is 6.55. The highest BCUT2D eigenvalue weighted by Crippen LogP contribution is 2.38. The Hall–Kier alpha value is -1.88. The first-order valence-corrected chi connectivity index (χ1v) is 9.26. The largest absolute Gasteiger partial charge is 0.352 e. The van der Waals surface area contributed by atoms with Crippen molar-refractivity contribution in [2.45, 2.75) is 50.2 Å². The molecule has 1 aliphatic carbocycles. The SMILES string of the molecule is CN1C(=S)N[C@H](c2ccccn2)[C@@H]1c1ccn(C2CCCCC2)c1. The lowest BCUT2D eigenvalue weighted by molar-refractivity contribution is 0.347. The van der Waals surface area contributed by atoms with Crippen molar-refractivity contribution >= 4 is 17.3 Å². The quantitative estimate of drug-likeness (QED) is 0.857. The molecule has 4 nitrogen and oxygen atoms in total. The fraction of sp³-hybridized carbons (Fsp3) is 0.474. The second-order valence-electron chi connectivity index (χ2n) is 6.92. The number of likely N-dealkylation sites (N-methyl/N-ethyl adjacent to an activating group) is 1. The van der Waals surface area contributed by atoms with Crippen LogP contribution in [0.5, 0.6) is 0 Å². The lowest BCUT2D eigenvalue weighted by Gasteiger charge is -2.25. The molecule has 0 bridgehead atoms. The van der Waals surface area contributed by atoms with Gasteiger partial charge < -0.3 is 14.8 Å². The van der Waals surface area contributed by atoms with Crippen LogP contribution >= 0.6 is 12.2 Å². The minimum absolute atomic E-state index is 0.103.